The van der Waals surface area contributed by atoms with Gasteiger partial charge in [0.15, 0.2) is 0 Å². The highest BCUT2D eigenvalue weighted by Crippen LogP contribution is 2.26. The number of hydrogen-bond acceptors (Lipinski definition) is 4. The van der Waals surface area contributed by atoms with Crippen LogP contribution in [-0.2, 0) is 26.2 Å². The summed E-state index contributed by atoms with van der Waals surface area (Å²) in [5.74, 6) is -0.489. The lowest BCUT2D eigenvalue weighted by molar-refractivity contribution is -0.139. The average molecular weight is 550 g/mol. The Balaban J connectivity index is 2.01. The van der Waals surface area contributed by atoms with Crippen LogP contribution in [0.25, 0.3) is 0 Å². The first kappa shape index (κ1) is 29.9. The molecule has 3 aromatic carbocycles. The van der Waals surface area contributed by atoms with Crippen molar-refractivity contribution in [3.05, 3.63) is 96.1 Å². The van der Waals surface area contributed by atoms with E-state index in [9.17, 15) is 18.0 Å². The fraction of sp³-hybridized carbons (Fsp3) is 0.355. The van der Waals surface area contributed by atoms with Crippen LogP contribution in [0.15, 0.2) is 89.8 Å². The van der Waals surface area contributed by atoms with Crippen molar-refractivity contribution in [2.75, 3.05) is 10.8 Å². The van der Waals surface area contributed by atoms with Gasteiger partial charge in [0, 0.05) is 12.6 Å². The maximum Gasteiger partial charge on any atom is 0.264 e. The molecular weight excluding hydrogens is 510 g/mol. The summed E-state index contributed by atoms with van der Waals surface area (Å²) in [7, 11) is -4.07. The Labute approximate surface area is 232 Å². The maximum atomic E-state index is 13.9. The minimum atomic E-state index is -4.07. The zero-order valence-electron chi connectivity index (χ0n) is 23.4. The highest BCUT2D eigenvalue weighted by molar-refractivity contribution is 7.92. The summed E-state index contributed by atoms with van der Waals surface area (Å²) in [6, 6.07) is 23.8. The number of nitrogens with zero attached hydrogens (tertiary/aromatic N) is 2. The van der Waals surface area contributed by atoms with E-state index in [1.54, 1.807) is 37.3 Å². The second kappa shape index (κ2) is 13.4. The molecule has 39 heavy (non-hydrogen) atoms. The van der Waals surface area contributed by atoms with Gasteiger partial charge in [-0.15, -0.1) is 0 Å². The number of nitrogens with one attached hydrogen (secondary N) is 1. The zero-order chi connectivity index (χ0) is 28.6. The topological polar surface area (TPSA) is 86.8 Å². The Morgan fingerprint density at radius 1 is 0.821 bits per heavy atom. The summed E-state index contributed by atoms with van der Waals surface area (Å²) in [6.45, 7) is 9.38. The standard InChI is InChI=1S/C31H39N3O4S/c1-6-24(4)32-31(36)25(5)33(21-26-13-9-7-10-14-26)30(35)22-34(28-19-17-27(18-20-28)23(2)3)39(37,38)29-15-11-8-12-16-29/h7-20,23-25H,6,21-22H2,1-5H3,(H,32,36)/t24-,25-/m1/s1. The molecule has 0 bridgehead atoms. The maximum absolute atomic E-state index is 13.9. The van der Waals surface area contributed by atoms with E-state index in [0.29, 0.717) is 5.69 Å². The normalized spacial score (nSPS) is 13.0. The van der Waals surface area contributed by atoms with E-state index in [4.69, 9.17) is 0 Å². The molecule has 3 rings (SSSR count). The molecule has 0 radical (unpaired) electrons. The van der Waals surface area contributed by atoms with Crippen molar-refractivity contribution in [1.29, 1.82) is 0 Å². The van der Waals surface area contributed by atoms with Crippen molar-refractivity contribution < 1.29 is 18.0 Å². The van der Waals surface area contributed by atoms with Gasteiger partial charge in [0.25, 0.3) is 10.0 Å². The quantitative estimate of drug-likeness (QED) is 0.331. The SMILES string of the molecule is CC[C@@H](C)NC(=O)[C@@H](C)N(Cc1ccccc1)C(=O)CN(c1ccc(C(C)C)cc1)S(=O)(=O)c1ccccc1. The van der Waals surface area contributed by atoms with Crippen LogP contribution < -0.4 is 9.62 Å². The fourth-order valence-electron chi connectivity index (χ4n) is 4.10. The van der Waals surface area contributed by atoms with Crippen molar-refractivity contribution in [3.63, 3.8) is 0 Å². The molecule has 2 amide bonds. The first-order valence-electron chi connectivity index (χ1n) is 13.4. The number of hydrogen-bond donors (Lipinski definition) is 1. The van der Waals surface area contributed by atoms with Gasteiger partial charge < -0.3 is 10.2 Å². The first-order valence-corrected chi connectivity index (χ1v) is 14.8. The largest absolute Gasteiger partial charge is 0.352 e. The predicted octanol–water partition coefficient (Wildman–Crippen LogP) is 5.34. The van der Waals surface area contributed by atoms with Gasteiger partial charge in [-0.3, -0.25) is 13.9 Å². The zero-order valence-corrected chi connectivity index (χ0v) is 24.2. The molecular formula is C31H39N3O4S. The van der Waals surface area contributed by atoms with E-state index in [1.165, 1.54) is 17.0 Å². The van der Waals surface area contributed by atoms with Gasteiger partial charge in [-0.05, 0) is 61.6 Å². The van der Waals surface area contributed by atoms with Gasteiger partial charge in [-0.2, -0.15) is 0 Å². The molecule has 0 aromatic heterocycles. The lowest BCUT2D eigenvalue weighted by Gasteiger charge is -2.32. The van der Waals surface area contributed by atoms with Crippen LogP contribution >= 0.6 is 0 Å². The Morgan fingerprint density at radius 3 is 1.92 bits per heavy atom. The molecule has 208 valence electrons. The Kier molecular flexibility index (Phi) is 10.3. The lowest BCUT2D eigenvalue weighted by atomic mass is 10.0. The summed E-state index contributed by atoms with van der Waals surface area (Å²) < 4.78 is 28.8. The average Bonchev–Trinajstić information content (AvgIpc) is 2.95. The van der Waals surface area contributed by atoms with Crippen molar-refractivity contribution in [3.8, 4) is 0 Å². The van der Waals surface area contributed by atoms with Gasteiger partial charge in [-0.1, -0.05) is 81.4 Å². The Morgan fingerprint density at radius 2 is 1.38 bits per heavy atom. The fourth-order valence-corrected chi connectivity index (χ4v) is 5.54. The van der Waals surface area contributed by atoms with Gasteiger partial charge in [-0.25, -0.2) is 8.42 Å². The third-order valence-electron chi connectivity index (χ3n) is 6.82. The molecule has 3 aromatic rings. The molecule has 0 aliphatic carbocycles. The van der Waals surface area contributed by atoms with Gasteiger partial charge >= 0.3 is 0 Å². The molecule has 0 spiro atoms. The van der Waals surface area contributed by atoms with Gasteiger partial charge in [0.05, 0.1) is 10.6 Å². The van der Waals surface area contributed by atoms with E-state index in [1.807, 2.05) is 56.3 Å². The second-order valence-corrected chi connectivity index (χ2v) is 11.9. The Hall–Kier alpha value is -3.65. The van der Waals surface area contributed by atoms with Crippen LogP contribution in [0.1, 0.15) is 58.1 Å². The van der Waals surface area contributed by atoms with E-state index in [2.05, 4.69) is 19.2 Å². The van der Waals surface area contributed by atoms with Crippen LogP contribution in [0.4, 0.5) is 5.69 Å². The molecule has 1 N–H and O–H groups in total. The van der Waals surface area contributed by atoms with Crippen LogP contribution in [0, 0.1) is 0 Å². The molecule has 8 heteroatoms. The summed E-state index contributed by atoms with van der Waals surface area (Å²) >= 11 is 0. The molecule has 0 unspecified atom stereocenters. The van der Waals surface area contributed by atoms with E-state index < -0.39 is 28.5 Å². The molecule has 0 aliphatic heterocycles. The van der Waals surface area contributed by atoms with Crippen molar-refractivity contribution in [2.24, 2.45) is 0 Å². The minimum absolute atomic E-state index is 0.0527. The van der Waals surface area contributed by atoms with Gasteiger partial charge in [0.1, 0.15) is 12.6 Å². The summed E-state index contributed by atoms with van der Waals surface area (Å²) in [5, 5.41) is 2.94. The van der Waals surface area contributed by atoms with Crippen LogP contribution in [0.3, 0.4) is 0 Å². The Bertz CT molecular complexity index is 1330. The van der Waals surface area contributed by atoms with Crippen molar-refractivity contribution in [2.45, 2.75) is 70.5 Å². The summed E-state index contributed by atoms with van der Waals surface area (Å²) in [4.78, 5) is 28.5. The molecule has 2 atom stereocenters. The van der Waals surface area contributed by atoms with E-state index in [0.717, 1.165) is 21.9 Å². The van der Waals surface area contributed by atoms with Crippen LogP contribution in [0.5, 0.6) is 0 Å². The van der Waals surface area contributed by atoms with Crippen LogP contribution in [-0.4, -0.2) is 43.8 Å². The van der Waals surface area contributed by atoms with Crippen molar-refractivity contribution in [1.82, 2.24) is 10.2 Å². The number of sulfonamides is 1. The monoisotopic (exact) mass is 549 g/mol. The van der Waals surface area contributed by atoms with Gasteiger partial charge in [0.2, 0.25) is 11.8 Å². The highest BCUT2D eigenvalue weighted by atomic mass is 32.2. The minimum Gasteiger partial charge on any atom is -0.352 e. The predicted molar refractivity (Wildman–Crippen MR) is 156 cm³/mol. The third kappa shape index (κ3) is 7.69. The molecule has 0 aliphatic rings. The molecule has 0 heterocycles. The number of amides is 2. The summed E-state index contributed by atoms with van der Waals surface area (Å²) in [6.07, 6.45) is 0.751. The highest BCUT2D eigenvalue weighted by Gasteiger charge is 2.32. The number of carbonyl (C=O) groups is 2. The number of anilines is 1. The number of rotatable bonds is 12. The molecule has 0 saturated heterocycles. The molecule has 0 fully saturated rings. The number of benzene rings is 3. The molecule has 0 saturated carbocycles. The second-order valence-electron chi connectivity index (χ2n) is 10.1. The van der Waals surface area contributed by atoms with E-state index in [-0.39, 0.29) is 29.3 Å². The summed E-state index contributed by atoms with van der Waals surface area (Å²) in [5.41, 5.74) is 2.28. The smallest absolute Gasteiger partial charge is 0.264 e. The first-order chi connectivity index (χ1) is 18.5. The van der Waals surface area contributed by atoms with Crippen molar-refractivity contribution >= 4 is 27.5 Å². The molecule has 7 nitrogen and oxygen atoms in total. The van der Waals surface area contributed by atoms with Crippen LogP contribution in [0.2, 0.25) is 0 Å². The third-order valence-corrected chi connectivity index (χ3v) is 8.61. The lowest BCUT2D eigenvalue weighted by Crippen LogP contribution is -2.52. The van der Waals surface area contributed by atoms with E-state index >= 15 is 0 Å². The number of carbonyl (C=O) groups excluding carboxylic acids is 2.